The molecule has 0 saturated heterocycles. The molecule has 18 heavy (non-hydrogen) atoms. The second-order valence-corrected chi connectivity index (χ2v) is 4.71. The molecule has 0 bridgehead atoms. The molecule has 1 amide bonds. The Balaban J connectivity index is 2.18. The molecular formula is C13H18N2O3. The first-order chi connectivity index (χ1) is 8.60. The van der Waals surface area contributed by atoms with E-state index in [1.165, 1.54) is 7.11 Å². The number of anilines is 1. The highest BCUT2D eigenvalue weighted by atomic mass is 16.5. The van der Waals surface area contributed by atoms with Gasteiger partial charge in [0.15, 0.2) is 0 Å². The number of nitrogens with two attached hydrogens (primary N) is 1. The van der Waals surface area contributed by atoms with Gasteiger partial charge in [0.05, 0.1) is 24.8 Å². The number of carbonyl (C=O) groups is 1. The number of methoxy groups -OCH3 is 1. The lowest BCUT2D eigenvalue weighted by Gasteiger charge is -2.41. The smallest absolute Gasteiger partial charge is 0.255 e. The molecule has 1 aliphatic carbocycles. The third-order valence-electron chi connectivity index (χ3n) is 3.46. The van der Waals surface area contributed by atoms with Crippen LogP contribution in [0.25, 0.3) is 0 Å². The summed E-state index contributed by atoms with van der Waals surface area (Å²) in [5.41, 5.74) is 6.17. The fourth-order valence-corrected chi connectivity index (χ4v) is 2.13. The number of nitrogen functional groups attached to an aromatic ring is 1. The van der Waals surface area contributed by atoms with Crippen molar-refractivity contribution in [2.75, 3.05) is 19.5 Å². The largest absolute Gasteiger partial charge is 0.496 e. The van der Waals surface area contributed by atoms with E-state index in [9.17, 15) is 9.90 Å². The third-order valence-corrected chi connectivity index (χ3v) is 3.46. The van der Waals surface area contributed by atoms with Gasteiger partial charge in [0, 0.05) is 11.8 Å². The van der Waals surface area contributed by atoms with E-state index >= 15 is 0 Å². The van der Waals surface area contributed by atoms with Crippen molar-refractivity contribution in [3.63, 3.8) is 0 Å². The van der Waals surface area contributed by atoms with E-state index in [2.05, 4.69) is 5.32 Å². The number of benzene rings is 1. The molecule has 2 rings (SSSR count). The van der Waals surface area contributed by atoms with E-state index in [1.807, 2.05) is 0 Å². The molecule has 1 saturated carbocycles. The zero-order valence-electron chi connectivity index (χ0n) is 10.4. The van der Waals surface area contributed by atoms with Crippen LogP contribution in [0.15, 0.2) is 18.2 Å². The number of rotatable bonds is 4. The van der Waals surface area contributed by atoms with Crippen LogP contribution >= 0.6 is 0 Å². The monoisotopic (exact) mass is 250 g/mol. The van der Waals surface area contributed by atoms with Gasteiger partial charge in [-0.2, -0.15) is 0 Å². The first-order valence-corrected chi connectivity index (χ1v) is 5.97. The zero-order chi connectivity index (χ0) is 13.2. The third kappa shape index (κ3) is 2.26. The van der Waals surface area contributed by atoms with Crippen molar-refractivity contribution in [1.29, 1.82) is 0 Å². The van der Waals surface area contributed by atoms with Crippen LogP contribution in [-0.2, 0) is 0 Å². The molecule has 0 atom stereocenters. The van der Waals surface area contributed by atoms with Gasteiger partial charge in [-0.05, 0) is 31.4 Å². The molecule has 0 radical (unpaired) electrons. The van der Waals surface area contributed by atoms with Gasteiger partial charge >= 0.3 is 0 Å². The van der Waals surface area contributed by atoms with E-state index in [0.717, 1.165) is 19.3 Å². The second kappa shape index (κ2) is 4.86. The van der Waals surface area contributed by atoms with Crippen LogP contribution in [0.5, 0.6) is 5.75 Å². The van der Waals surface area contributed by atoms with Gasteiger partial charge in [0.1, 0.15) is 5.75 Å². The summed E-state index contributed by atoms with van der Waals surface area (Å²) in [4.78, 5) is 12.2. The Hall–Kier alpha value is -1.75. The summed E-state index contributed by atoms with van der Waals surface area (Å²) >= 11 is 0. The van der Waals surface area contributed by atoms with Crippen LogP contribution in [0.4, 0.5) is 5.69 Å². The Morgan fingerprint density at radius 3 is 2.78 bits per heavy atom. The molecule has 0 spiro atoms. The number of hydrogen-bond donors (Lipinski definition) is 3. The van der Waals surface area contributed by atoms with Crippen molar-refractivity contribution in [1.82, 2.24) is 5.32 Å². The fraction of sp³-hybridized carbons (Fsp3) is 0.462. The summed E-state index contributed by atoms with van der Waals surface area (Å²) in [5.74, 6) is 0.209. The van der Waals surface area contributed by atoms with Gasteiger partial charge < -0.3 is 20.9 Å². The molecule has 0 aromatic heterocycles. The van der Waals surface area contributed by atoms with Crippen molar-refractivity contribution in [3.8, 4) is 5.75 Å². The zero-order valence-corrected chi connectivity index (χ0v) is 10.4. The van der Waals surface area contributed by atoms with Gasteiger partial charge in [0.25, 0.3) is 5.91 Å². The summed E-state index contributed by atoms with van der Waals surface area (Å²) in [6, 6.07) is 4.90. The predicted octanol–water partition coefficient (Wildman–Crippen LogP) is 0.922. The minimum Gasteiger partial charge on any atom is -0.496 e. The highest BCUT2D eigenvalue weighted by molar-refractivity contribution is 5.98. The van der Waals surface area contributed by atoms with E-state index < -0.39 is 5.54 Å². The summed E-state index contributed by atoms with van der Waals surface area (Å²) in [5, 5.41) is 12.2. The van der Waals surface area contributed by atoms with Gasteiger partial charge in [-0.3, -0.25) is 4.79 Å². The Morgan fingerprint density at radius 2 is 2.28 bits per heavy atom. The van der Waals surface area contributed by atoms with Gasteiger partial charge in [-0.25, -0.2) is 0 Å². The summed E-state index contributed by atoms with van der Waals surface area (Å²) in [7, 11) is 1.50. The highest BCUT2D eigenvalue weighted by Gasteiger charge is 2.38. The number of hydrogen-bond acceptors (Lipinski definition) is 4. The summed E-state index contributed by atoms with van der Waals surface area (Å²) < 4.78 is 5.14. The van der Waals surface area contributed by atoms with Crippen LogP contribution < -0.4 is 15.8 Å². The fourth-order valence-electron chi connectivity index (χ4n) is 2.13. The predicted molar refractivity (Wildman–Crippen MR) is 68.5 cm³/mol. The molecule has 1 fully saturated rings. The molecule has 4 N–H and O–H groups in total. The maximum absolute atomic E-state index is 12.2. The van der Waals surface area contributed by atoms with Crippen LogP contribution in [0.1, 0.15) is 29.6 Å². The number of carbonyl (C=O) groups excluding carboxylic acids is 1. The molecule has 0 aliphatic heterocycles. The molecule has 0 heterocycles. The van der Waals surface area contributed by atoms with Crippen LogP contribution in [0.2, 0.25) is 0 Å². The summed E-state index contributed by atoms with van der Waals surface area (Å²) in [6.45, 7) is -0.0317. The molecule has 98 valence electrons. The topological polar surface area (TPSA) is 84.6 Å². The van der Waals surface area contributed by atoms with E-state index in [-0.39, 0.29) is 12.5 Å². The molecule has 0 unspecified atom stereocenters. The molecule has 1 aromatic rings. The number of aliphatic hydroxyl groups is 1. The minimum atomic E-state index is -0.455. The Kier molecular flexibility index (Phi) is 3.43. The Morgan fingerprint density at radius 1 is 1.56 bits per heavy atom. The van der Waals surface area contributed by atoms with Crippen molar-refractivity contribution in [2.24, 2.45) is 0 Å². The SMILES string of the molecule is COc1cc(N)ccc1C(=O)NC1(CO)CCC1. The second-order valence-electron chi connectivity index (χ2n) is 4.71. The summed E-state index contributed by atoms with van der Waals surface area (Å²) in [6.07, 6.45) is 2.65. The molecule has 5 nitrogen and oxygen atoms in total. The van der Waals surface area contributed by atoms with E-state index in [1.54, 1.807) is 18.2 Å². The van der Waals surface area contributed by atoms with Crippen molar-refractivity contribution in [3.05, 3.63) is 23.8 Å². The van der Waals surface area contributed by atoms with Gasteiger partial charge in [-0.1, -0.05) is 0 Å². The first-order valence-electron chi connectivity index (χ1n) is 5.97. The first kappa shape index (κ1) is 12.7. The number of amides is 1. The average molecular weight is 250 g/mol. The molecule has 5 heteroatoms. The highest BCUT2D eigenvalue weighted by Crippen LogP contribution is 2.32. The van der Waals surface area contributed by atoms with Crippen LogP contribution in [-0.4, -0.2) is 30.3 Å². The molecular weight excluding hydrogens is 232 g/mol. The average Bonchev–Trinajstić information content (AvgIpc) is 2.33. The van der Waals surface area contributed by atoms with Gasteiger partial charge in [0.2, 0.25) is 0 Å². The van der Waals surface area contributed by atoms with E-state index in [4.69, 9.17) is 10.5 Å². The van der Waals surface area contributed by atoms with E-state index in [0.29, 0.717) is 17.0 Å². The lowest BCUT2D eigenvalue weighted by atomic mass is 9.77. The lowest BCUT2D eigenvalue weighted by molar-refractivity contribution is 0.0639. The van der Waals surface area contributed by atoms with Gasteiger partial charge in [-0.15, -0.1) is 0 Å². The normalized spacial score (nSPS) is 16.8. The van der Waals surface area contributed by atoms with Crippen molar-refractivity contribution in [2.45, 2.75) is 24.8 Å². The molecule has 1 aromatic carbocycles. The van der Waals surface area contributed by atoms with Crippen LogP contribution in [0, 0.1) is 0 Å². The number of aliphatic hydroxyl groups excluding tert-OH is 1. The van der Waals surface area contributed by atoms with Crippen LogP contribution in [0.3, 0.4) is 0 Å². The number of ether oxygens (including phenoxy) is 1. The van der Waals surface area contributed by atoms with Crippen molar-refractivity contribution >= 4 is 11.6 Å². The lowest BCUT2D eigenvalue weighted by Crippen LogP contribution is -2.56. The number of nitrogens with one attached hydrogen (secondary N) is 1. The Labute approximate surface area is 106 Å². The Bertz CT molecular complexity index is 450. The quantitative estimate of drug-likeness (QED) is 0.694. The molecule has 1 aliphatic rings. The van der Waals surface area contributed by atoms with Crippen molar-refractivity contribution < 1.29 is 14.6 Å². The maximum atomic E-state index is 12.2. The maximum Gasteiger partial charge on any atom is 0.255 e. The standard InChI is InChI=1S/C13H18N2O3/c1-18-11-7-9(14)3-4-10(11)12(17)15-13(8-16)5-2-6-13/h3-4,7,16H,2,5-6,8,14H2,1H3,(H,15,17). The minimum absolute atomic E-state index is 0.0317.